The van der Waals surface area contributed by atoms with E-state index in [-0.39, 0.29) is 5.91 Å². The summed E-state index contributed by atoms with van der Waals surface area (Å²) >= 11 is 6.09. The fourth-order valence-electron chi connectivity index (χ4n) is 2.02. The van der Waals surface area contributed by atoms with Gasteiger partial charge in [0.1, 0.15) is 0 Å². The van der Waals surface area contributed by atoms with Crippen molar-refractivity contribution in [3.05, 3.63) is 58.6 Å². The number of benzene rings is 2. The Morgan fingerprint density at radius 3 is 2.48 bits per heavy atom. The average molecular weight is 332 g/mol. The number of carbonyl (C=O) groups is 1. The molecule has 1 amide bonds. The number of ether oxygens (including phenoxy) is 2. The van der Waals surface area contributed by atoms with Gasteiger partial charge in [-0.1, -0.05) is 23.7 Å². The predicted molar refractivity (Wildman–Crippen MR) is 93.4 cm³/mol. The molecule has 0 aromatic heterocycles. The lowest BCUT2D eigenvalue weighted by Crippen LogP contribution is -2.08. The highest BCUT2D eigenvalue weighted by atomic mass is 35.5. The van der Waals surface area contributed by atoms with Gasteiger partial charge in [0.05, 0.1) is 24.9 Å². The molecule has 0 bridgehead atoms. The van der Waals surface area contributed by atoms with Gasteiger partial charge in [-0.2, -0.15) is 0 Å². The van der Waals surface area contributed by atoms with E-state index in [9.17, 15) is 4.79 Å². The summed E-state index contributed by atoms with van der Waals surface area (Å²) in [6.07, 6.45) is 3.14. The maximum absolute atomic E-state index is 12.0. The van der Waals surface area contributed by atoms with Crippen molar-refractivity contribution >= 4 is 29.3 Å². The maximum Gasteiger partial charge on any atom is 0.248 e. The highest BCUT2D eigenvalue weighted by Crippen LogP contribution is 2.28. The molecule has 0 fully saturated rings. The molecule has 0 heterocycles. The molecule has 2 aromatic carbocycles. The number of hydrogen-bond acceptors (Lipinski definition) is 3. The minimum Gasteiger partial charge on any atom is -0.493 e. The summed E-state index contributed by atoms with van der Waals surface area (Å²) in [5.41, 5.74) is 2.45. The Bertz CT molecular complexity index is 741. The third kappa shape index (κ3) is 4.50. The van der Waals surface area contributed by atoms with Crippen molar-refractivity contribution in [1.29, 1.82) is 0 Å². The van der Waals surface area contributed by atoms with E-state index in [2.05, 4.69) is 5.32 Å². The molecule has 0 spiro atoms. The fraction of sp³-hybridized carbons (Fsp3) is 0.167. The minimum atomic E-state index is -0.259. The molecule has 0 aliphatic heterocycles. The molecule has 120 valence electrons. The number of anilines is 1. The molecular weight excluding hydrogens is 314 g/mol. The number of aryl methyl sites for hydroxylation is 1. The molecule has 0 aliphatic carbocycles. The predicted octanol–water partition coefficient (Wildman–Crippen LogP) is 4.32. The van der Waals surface area contributed by atoms with Crippen LogP contribution in [0.4, 0.5) is 5.69 Å². The van der Waals surface area contributed by atoms with E-state index in [1.807, 2.05) is 19.1 Å². The van der Waals surface area contributed by atoms with E-state index in [0.717, 1.165) is 11.1 Å². The number of nitrogens with one attached hydrogen (secondary N) is 1. The van der Waals surface area contributed by atoms with Gasteiger partial charge in [0.2, 0.25) is 5.91 Å². The number of rotatable bonds is 5. The van der Waals surface area contributed by atoms with E-state index in [1.165, 1.54) is 6.08 Å². The van der Waals surface area contributed by atoms with Crippen LogP contribution in [0.5, 0.6) is 11.5 Å². The number of methoxy groups -OCH3 is 2. The first kappa shape index (κ1) is 16.9. The van der Waals surface area contributed by atoms with E-state index < -0.39 is 0 Å². The van der Waals surface area contributed by atoms with Crippen molar-refractivity contribution in [3.63, 3.8) is 0 Å². The van der Waals surface area contributed by atoms with Crippen molar-refractivity contribution in [2.75, 3.05) is 19.5 Å². The van der Waals surface area contributed by atoms with E-state index in [1.54, 1.807) is 44.6 Å². The van der Waals surface area contributed by atoms with Gasteiger partial charge in [0, 0.05) is 6.08 Å². The Labute approximate surface area is 140 Å². The quantitative estimate of drug-likeness (QED) is 0.830. The van der Waals surface area contributed by atoms with Crippen LogP contribution in [0, 0.1) is 6.92 Å². The first-order chi connectivity index (χ1) is 11.0. The van der Waals surface area contributed by atoms with Crippen LogP contribution in [0.3, 0.4) is 0 Å². The van der Waals surface area contributed by atoms with Crippen LogP contribution in [0.25, 0.3) is 6.08 Å². The van der Waals surface area contributed by atoms with Crippen molar-refractivity contribution in [1.82, 2.24) is 0 Å². The molecular formula is C18H18ClNO3. The monoisotopic (exact) mass is 331 g/mol. The zero-order chi connectivity index (χ0) is 16.8. The molecule has 2 rings (SSSR count). The van der Waals surface area contributed by atoms with Crippen molar-refractivity contribution < 1.29 is 14.3 Å². The standard InChI is InChI=1S/C18H18ClNO3/c1-12-4-7-15(14(19)10-12)20-18(21)9-6-13-5-8-16(22-2)17(11-13)23-3/h4-11H,1-3H3,(H,20,21)/b9-6+. The van der Waals surface area contributed by atoms with Crippen LogP contribution >= 0.6 is 11.6 Å². The Morgan fingerprint density at radius 2 is 1.83 bits per heavy atom. The SMILES string of the molecule is COc1ccc(/C=C/C(=O)Nc2ccc(C)cc2Cl)cc1OC. The summed E-state index contributed by atoms with van der Waals surface area (Å²) in [4.78, 5) is 12.0. The largest absolute Gasteiger partial charge is 0.493 e. The van der Waals surface area contributed by atoms with Gasteiger partial charge in [0.15, 0.2) is 11.5 Å². The van der Waals surface area contributed by atoms with Gasteiger partial charge in [-0.15, -0.1) is 0 Å². The Kier molecular flexibility index (Phi) is 5.66. The van der Waals surface area contributed by atoms with Crippen LogP contribution in [0.1, 0.15) is 11.1 Å². The summed E-state index contributed by atoms with van der Waals surface area (Å²) in [5, 5.41) is 3.26. The zero-order valence-corrected chi connectivity index (χ0v) is 14.0. The van der Waals surface area contributed by atoms with Gasteiger partial charge in [-0.25, -0.2) is 0 Å². The molecule has 0 atom stereocenters. The summed E-state index contributed by atoms with van der Waals surface area (Å²) in [7, 11) is 3.14. The number of carbonyl (C=O) groups excluding carboxylic acids is 1. The Morgan fingerprint density at radius 1 is 1.09 bits per heavy atom. The van der Waals surface area contributed by atoms with Crippen molar-refractivity contribution in [2.24, 2.45) is 0 Å². The van der Waals surface area contributed by atoms with Gasteiger partial charge in [-0.05, 0) is 48.4 Å². The summed E-state index contributed by atoms with van der Waals surface area (Å²) in [6, 6.07) is 10.9. The summed E-state index contributed by atoms with van der Waals surface area (Å²) in [6.45, 7) is 1.94. The van der Waals surface area contributed by atoms with Gasteiger partial charge < -0.3 is 14.8 Å². The van der Waals surface area contributed by atoms with Crippen LogP contribution in [-0.4, -0.2) is 20.1 Å². The van der Waals surface area contributed by atoms with E-state index in [0.29, 0.717) is 22.2 Å². The maximum atomic E-state index is 12.0. The number of amides is 1. The molecule has 23 heavy (non-hydrogen) atoms. The molecule has 0 saturated heterocycles. The first-order valence-corrected chi connectivity index (χ1v) is 7.38. The van der Waals surface area contributed by atoms with Gasteiger partial charge >= 0.3 is 0 Å². The highest BCUT2D eigenvalue weighted by molar-refractivity contribution is 6.33. The lowest BCUT2D eigenvalue weighted by atomic mass is 10.2. The molecule has 5 heteroatoms. The second kappa shape index (κ2) is 7.70. The number of hydrogen-bond donors (Lipinski definition) is 1. The molecule has 0 saturated carbocycles. The lowest BCUT2D eigenvalue weighted by molar-refractivity contribution is -0.111. The van der Waals surface area contributed by atoms with Crippen molar-refractivity contribution in [2.45, 2.75) is 6.92 Å². The first-order valence-electron chi connectivity index (χ1n) is 7.00. The molecule has 0 unspecified atom stereocenters. The van der Waals surface area contributed by atoms with Crippen molar-refractivity contribution in [3.8, 4) is 11.5 Å². The normalized spacial score (nSPS) is 10.6. The third-order valence-corrected chi connectivity index (χ3v) is 3.53. The smallest absolute Gasteiger partial charge is 0.248 e. The van der Waals surface area contributed by atoms with Crippen LogP contribution in [-0.2, 0) is 4.79 Å². The average Bonchev–Trinajstić information content (AvgIpc) is 2.55. The Hall–Kier alpha value is -2.46. The van der Waals surface area contributed by atoms with Crippen LogP contribution in [0.15, 0.2) is 42.5 Å². The lowest BCUT2D eigenvalue weighted by Gasteiger charge is -2.08. The Balaban J connectivity index is 2.09. The zero-order valence-electron chi connectivity index (χ0n) is 13.2. The second-order valence-corrected chi connectivity index (χ2v) is 5.33. The number of halogens is 1. The topological polar surface area (TPSA) is 47.6 Å². The van der Waals surface area contributed by atoms with Gasteiger partial charge in [-0.3, -0.25) is 4.79 Å². The molecule has 1 N–H and O–H groups in total. The molecule has 2 aromatic rings. The fourth-order valence-corrected chi connectivity index (χ4v) is 2.31. The third-order valence-electron chi connectivity index (χ3n) is 3.22. The summed E-state index contributed by atoms with van der Waals surface area (Å²) < 4.78 is 10.4. The molecule has 4 nitrogen and oxygen atoms in total. The molecule has 0 aliphatic rings. The summed E-state index contributed by atoms with van der Waals surface area (Å²) in [5.74, 6) is 0.989. The van der Waals surface area contributed by atoms with Crippen LogP contribution in [0.2, 0.25) is 5.02 Å². The van der Waals surface area contributed by atoms with Crippen LogP contribution < -0.4 is 14.8 Å². The van der Waals surface area contributed by atoms with E-state index >= 15 is 0 Å². The second-order valence-electron chi connectivity index (χ2n) is 4.92. The van der Waals surface area contributed by atoms with E-state index in [4.69, 9.17) is 21.1 Å². The highest BCUT2D eigenvalue weighted by Gasteiger charge is 2.05. The van der Waals surface area contributed by atoms with Gasteiger partial charge in [0.25, 0.3) is 0 Å². The minimum absolute atomic E-state index is 0.259. The molecule has 0 radical (unpaired) electrons.